The van der Waals surface area contributed by atoms with Crippen LogP contribution in [0.3, 0.4) is 0 Å². The second-order valence-corrected chi connectivity index (χ2v) is 9.25. The molecule has 0 fully saturated rings. The van der Waals surface area contributed by atoms with Crippen molar-refractivity contribution in [2.75, 3.05) is 40.0 Å². The van der Waals surface area contributed by atoms with Crippen molar-refractivity contribution in [3.05, 3.63) is 64.5 Å². The molecule has 0 saturated heterocycles. The molecule has 1 N–H and O–H groups in total. The molecule has 0 unspecified atom stereocenters. The van der Waals surface area contributed by atoms with Crippen molar-refractivity contribution >= 4 is 5.57 Å². The molecule has 36 heavy (non-hydrogen) atoms. The summed E-state index contributed by atoms with van der Waals surface area (Å²) < 4.78 is 79.7. The average molecular weight is 511 g/mol. The number of hydrogen-bond donors (Lipinski definition) is 1. The molecule has 2 aromatic rings. The third-order valence-electron chi connectivity index (χ3n) is 6.78. The molecule has 2 aromatic carbocycles. The van der Waals surface area contributed by atoms with Crippen LogP contribution >= 0.6 is 0 Å². The lowest BCUT2D eigenvalue weighted by molar-refractivity contribution is -0.155. The summed E-state index contributed by atoms with van der Waals surface area (Å²) in [5.74, 6) is -0.575. The van der Waals surface area contributed by atoms with Crippen LogP contribution in [0.25, 0.3) is 5.57 Å². The molecule has 0 radical (unpaired) electrons. The maximum absolute atomic E-state index is 15.2. The van der Waals surface area contributed by atoms with Gasteiger partial charge in [0, 0.05) is 24.2 Å². The summed E-state index contributed by atoms with van der Waals surface area (Å²) in [7, 11) is 1.32. The zero-order chi connectivity index (χ0) is 25.9. The minimum absolute atomic E-state index is 0.0856. The topological polar surface area (TPSA) is 33.7 Å². The number of halogens is 5. The van der Waals surface area contributed by atoms with Crippen molar-refractivity contribution in [3.63, 3.8) is 0 Å². The molecule has 9 heteroatoms. The first-order chi connectivity index (χ1) is 17.2. The van der Waals surface area contributed by atoms with Gasteiger partial charge in [-0.1, -0.05) is 24.3 Å². The van der Waals surface area contributed by atoms with Gasteiger partial charge in [-0.3, -0.25) is 9.29 Å². The lowest BCUT2D eigenvalue weighted by atomic mass is 9.84. The van der Waals surface area contributed by atoms with Crippen LogP contribution in [0.5, 0.6) is 11.5 Å². The van der Waals surface area contributed by atoms with Gasteiger partial charge < -0.3 is 14.8 Å². The van der Waals surface area contributed by atoms with E-state index in [4.69, 9.17) is 9.47 Å². The summed E-state index contributed by atoms with van der Waals surface area (Å²) in [6.07, 6.45) is -3.08. The van der Waals surface area contributed by atoms with Gasteiger partial charge in [-0.15, -0.1) is 0 Å². The van der Waals surface area contributed by atoms with Crippen molar-refractivity contribution in [3.8, 4) is 11.5 Å². The zero-order valence-corrected chi connectivity index (χ0v) is 20.4. The van der Waals surface area contributed by atoms with Crippen molar-refractivity contribution in [1.29, 1.82) is 0 Å². The number of benzene rings is 2. The van der Waals surface area contributed by atoms with Crippen LogP contribution in [0.4, 0.5) is 22.0 Å². The number of methoxy groups -OCH3 is 1. The quantitative estimate of drug-likeness (QED) is 0.320. The monoisotopic (exact) mass is 510 g/mol. The Morgan fingerprint density at radius 2 is 1.92 bits per heavy atom. The maximum Gasteiger partial charge on any atom is 0.401 e. The number of alkyl halides is 4. The van der Waals surface area contributed by atoms with Crippen LogP contribution in [-0.4, -0.2) is 57.1 Å². The third-order valence-corrected chi connectivity index (χ3v) is 6.78. The largest absolute Gasteiger partial charge is 0.493 e. The molecule has 0 spiro atoms. The molecule has 0 bridgehead atoms. The van der Waals surface area contributed by atoms with Gasteiger partial charge in [-0.25, -0.2) is 4.39 Å². The van der Waals surface area contributed by atoms with E-state index in [2.05, 4.69) is 5.32 Å². The molecule has 2 aliphatic rings. The molecule has 0 saturated carbocycles. The number of rotatable bonds is 10. The molecular weight excluding hydrogens is 479 g/mol. The molecule has 4 nitrogen and oxygen atoms in total. The van der Waals surface area contributed by atoms with Gasteiger partial charge in [0.2, 0.25) is 0 Å². The van der Waals surface area contributed by atoms with Crippen LogP contribution < -0.4 is 14.8 Å². The van der Waals surface area contributed by atoms with Gasteiger partial charge in [-0.05, 0) is 61.1 Å². The van der Waals surface area contributed by atoms with E-state index in [0.717, 1.165) is 22.3 Å². The first-order valence-corrected chi connectivity index (χ1v) is 12.1. The molecule has 4 rings (SSSR count). The Morgan fingerprint density at radius 3 is 2.64 bits per heavy atom. The standard InChI is InChI=1S/C27H31F5N2O2/c1-17-12-21-20-7-4-3-6-18(20)13-22(21)25(34(17)16-27(30,31)32)23-14-19(15-24(29)26(23)35-2)36-11-10-33-9-5-8-28/h3-4,6-7,14-15,17,25,33H,5,8-13,16H2,1-2H3/t17-,25+/m1/s1. The lowest BCUT2D eigenvalue weighted by Crippen LogP contribution is -2.46. The number of hydrogen-bond acceptors (Lipinski definition) is 4. The van der Waals surface area contributed by atoms with Crippen molar-refractivity contribution in [1.82, 2.24) is 10.2 Å². The molecule has 1 aliphatic heterocycles. The highest BCUT2D eigenvalue weighted by Gasteiger charge is 2.44. The molecule has 0 aromatic heterocycles. The van der Waals surface area contributed by atoms with Crippen LogP contribution in [0.15, 0.2) is 42.0 Å². The van der Waals surface area contributed by atoms with Gasteiger partial charge in [-0.2, -0.15) is 13.2 Å². The zero-order valence-electron chi connectivity index (χ0n) is 20.4. The van der Waals surface area contributed by atoms with Crippen LogP contribution in [0.2, 0.25) is 0 Å². The molecule has 1 aliphatic carbocycles. The van der Waals surface area contributed by atoms with Crippen LogP contribution in [0, 0.1) is 5.82 Å². The van der Waals surface area contributed by atoms with Gasteiger partial charge in [0.1, 0.15) is 12.4 Å². The van der Waals surface area contributed by atoms with Crippen molar-refractivity contribution in [2.24, 2.45) is 0 Å². The lowest BCUT2D eigenvalue weighted by Gasteiger charge is -2.43. The van der Waals surface area contributed by atoms with E-state index in [9.17, 15) is 17.6 Å². The van der Waals surface area contributed by atoms with Crippen molar-refractivity contribution in [2.45, 2.75) is 44.4 Å². The Bertz CT molecular complexity index is 1100. The molecule has 2 atom stereocenters. The first kappa shape index (κ1) is 26.4. The van der Waals surface area contributed by atoms with E-state index in [1.54, 1.807) is 13.0 Å². The van der Waals surface area contributed by atoms with E-state index < -0.39 is 37.3 Å². The SMILES string of the molecule is COc1c(F)cc(OCCNCCCF)cc1[C@@H]1C2=C(C[C@@H](C)N1CC(F)(F)F)c1ccccc1C2. The van der Waals surface area contributed by atoms with E-state index in [1.807, 2.05) is 24.3 Å². The van der Waals surface area contributed by atoms with E-state index in [-0.39, 0.29) is 18.1 Å². The highest BCUT2D eigenvalue weighted by molar-refractivity contribution is 5.79. The summed E-state index contributed by atoms with van der Waals surface area (Å²) in [5, 5.41) is 3.03. The predicted octanol–water partition coefficient (Wildman–Crippen LogP) is 5.87. The summed E-state index contributed by atoms with van der Waals surface area (Å²) in [6.45, 7) is 1.34. The average Bonchev–Trinajstić information content (AvgIpc) is 3.18. The highest BCUT2D eigenvalue weighted by Crippen LogP contribution is 2.51. The summed E-state index contributed by atoms with van der Waals surface area (Å²) >= 11 is 0. The number of fused-ring (bicyclic) bond motifs is 2. The minimum Gasteiger partial charge on any atom is -0.493 e. The second kappa shape index (κ2) is 11.2. The van der Waals surface area contributed by atoms with E-state index in [1.165, 1.54) is 18.1 Å². The Hall–Kier alpha value is -2.65. The van der Waals surface area contributed by atoms with E-state index >= 15 is 4.39 Å². The molecule has 0 amide bonds. The fraction of sp³-hybridized carbons (Fsp3) is 0.481. The smallest absolute Gasteiger partial charge is 0.401 e. The van der Waals surface area contributed by atoms with Crippen LogP contribution in [-0.2, 0) is 6.42 Å². The van der Waals surface area contributed by atoms with Gasteiger partial charge in [0.25, 0.3) is 0 Å². The Kier molecular flexibility index (Phi) is 8.20. The summed E-state index contributed by atoms with van der Waals surface area (Å²) in [5.41, 5.74) is 4.27. The van der Waals surface area contributed by atoms with Gasteiger partial charge in [0.15, 0.2) is 11.6 Å². The summed E-state index contributed by atoms with van der Waals surface area (Å²) in [4.78, 5) is 1.39. The number of nitrogens with zero attached hydrogens (tertiary/aromatic N) is 1. The summed E-state index contributed by atoms with van der Waals surface area (Å²) in [6, 6.07) is 9.33. The Morgan fingerprint density at radius 1 is 1.14 bits per heavy atom. The Balaban J connectivity index is 1.73. The normalized spacial score (nSPS) is 19.9. The Labute approximate surface area is 208 Å². The van der Waals surface area contributed by atoms with E-state index in [0.29, 0.717) is 37.9 Å². The first-order valence-electron chi connectivity index (χ1n) is 12.1. The fourth-order valence-corrected chi connectivity index (χ4v) is 5.29. The number of ether oxygens (including phenoxy) is 2. The second-order valence-electron chi connectivity index (χ2n) is 9.25. The molecule has 196 valence electrons. The number of nitrogens with one attached hydrogen (secondary N) is 1. The third kappa shape index (κ3) is 5.67. The van der Waals surface area contributed by atoms with Crippen LogP contribution in [0.1, 0.15) is 42.5 Å². The molecule has 1 heterocycles. The fourth-order valence-electron chi connectivity index (χ4n) is 5.29. The van der Waals surface area contributed by atoms with Crippen molar-refractivity contribution < 1.29 is 31.4 Å². The van der Waals surface area contributed by atoms with Gasteiger partial charge in [0.05, 0.1) is 26.4 Å². The predicted molar refractivity (Wildman–Crippen MR) is 129 cm³/mol. The maximum atomic E-state index is 15.2. The molecular formula is C27H31F5N2O2. The highest BCUT2D eigenvalue weighted by atomic mass is 19.4. The minimum atomic E-state index is -4.43. The van der Waals surface area contributed by atoms with Gasteiger partial charge >= 0.3 is 6.18 Å².